The number of nitrogens with zero attached hydrogens (tertiary/aromatic N) is 3. The number of aromatic nitrogens is 2. The molecule has 2 fully saturated rings. The van der Waals surface area contributed by atoms with Crippen molar-refractivity contribution in [1.82, 2.24) is 14.9 Å². The van der Waals surface area contributed by atoms with Crippen LogP contribution in [0.15, 0.2) is 48.9 Å². The average molecular weight is 351 g/mol. The molecule has 2 heterocycles. The maximum Gasteiger partial charge on any atom is 0.272 e. The summed E-state index contributed by atoms with van der Waals surface area (Å²) in [6, 6.07) is 12.2. The second kappa shape index (κ2) is 7.96. The Morgan fingerprint density at radius 2 is 2.00 bits per heavy atom. The van der Waals surface area contributed by atoms with E-state index in [9.17, 15) is 4.79 Å². The number of benzene rings is 1. The van der Waals surface area contributed by atoms with Gasteiger partial charge in [-0.15, -0.1) is 0 Å². The van der Waals surface area contributed by atoms with Crippen molar-refractivity contribution < 1.29 is 9.53 Å². The first kappa shape index (κ1) is 17.2. The van der Waals surface area contributed by atoms with Gasteiger partial charge < -0.3 is 9.64 Å². The van der Waals surface area contributed by atoms with Gasteiger partial charge in [-0.1, -0.05) is 30.3 Å². The average Bonchev–Trinajstić information content (AvgIpc) is 3.52. The molecule has 1 aromatic heterocycles. The van der Waals surface area contributed by atoms with E-state index < -0.39 is 0 Å². The fraction of sp³-hybridized carbons (Fsp3) is 0.476. The van der Waals surface area contributed by atoms with Crippen LogP contribution in [0.3, 0.4) is 0 Å². The van der Waals surface area contributed by atoms with Crippen molar-refractivity contribution in [1.29, 1.82) is 0 Å². The second-order valence-corrected chi connectivity index (χ2v) is 7.40. The first-order chi connectivity index (χ1) is 12.8. The fourth-order valence-corrected chi connectivity index (χ4v) is 3.65. The Balaban J connectivity index is 1.45. The van der Waals surface area contributed by atoms with E-state index in [1.165, 1.54) is 24.7 Å². The molecule has 0 N–H and O–H groups in total. The molecule has 1 aliphatic heterocycles. The summed E-state index contributed by atoms with van der Waals surface area (Å²) in [4.78, 5) is 22.7. The van der Waals surface area contributed by atoms with Gasteiger partial charge in [0.05, 0.1) is 6.10 Å². The molecular formula is C21H25N3O2. The minimum Gasteiger partial charge on any atom is -0.377 e. The van der Waals surface area contributed by atoms with E-state index in [1.54, 1.807) is 12.3 Å². The highest BCUT2D eigenvalue weighted by Gasteiger charge is 2.34. The van der Waals surface area contributed by atoms with Crippen LogP contribution in [0.2, 0.25) is 0 Å². The van der Waals surface area contributed by atoms with E-state index in [0.717, 1.165) is 31.9 Å². The number of amides is 1. The molecular weight excluding hydrogens is 326 g/mol. The summed E-state index contributed by atoms with van der Waals surface area (Å²) in [6.45, 7) is 2.31. The summed E-state index contributed by atoms with van der Waals surface area (Å²) in [7, 11) is 0. The molecule has 2 aliphatic rings. The van der Waals surface area contributed by atoms with Crippen LogP contribution in [0.5, 0.6) is 0 Å². The van der Waals surface area contributed by atoms with Crippen molar-refractivity contribution in [2.24, 2.45) is 11.8 Å². The molecule has 2 atom stereocenters. The van der Waals surface area contributed by atoms with Gasteiger partial charge in [0.2, 0.25) is 0 Å². The highest BCUT2D eigenvalue weighted by molar-refractivity contribution is 5.92. The lowest BCUT2D eigenvalue weighted by Crippen LogP contribution is -2.48. The van der Waals surface area contributed by atoms with Crippen molar-refractivity contribution in [2.45, 2.75) is 31.8 Å². The Kier molecular flexibility index (Phi) is 5.25. The van der Waals surface area contributed by atoms with Gasteiger partial charge in [0, 0.05) is 31.8 Å². The molecule has 26 heavy (non-hydrogen) atoms. The summed E-state index contributed by atoms with van der Waals surface area (Å²) in [5, 5.41) is 0. The third-order valence-electron chi connectivity index (χ3n) is 5.34. The Bertz CT molecular complexity index is 719. The third kappa shape index (κ3) is 4.28. The largest absolute Gasteiger partial charge is 0.377 e. The van der Waals surface area contributed by atoms with Crippen LogP contribution in [-0.4, -0.2) is 46.6 Å². The summed E-state index contributed by atoms with van der Waals surface area (Å²) in [5.41, 5.74) is 1.77. The van der Waals surface area contributed by atoms with Gasteiger partial charge in [-0.05, 0) is 43.2 Å². The highest BCUT2D eigenvalue weighted by atomic mass is 16.5. The van der Waals surface area contributed by atoms with Crippen LogP contribution >= 0.6 is 0 Å². The first-order valence-corrected chi connectivity index (χ1v) is 9.50. The molecule has 5 nitrogen and oxygen atoms in total. The van der Waals surface area contributed by atoms with Gasteiger partial charge >= 0.3 is 0 Å². The molecule has 0 spiro atoms. The third-order valence-corrected chi connectivity index (χ3v) is 5.34. The maximum absolute atomic E-state index is 12.8. The Labute approximate surface area is 154 Å². The maximum atomic E-state index is 12.8. The van der Waals surface area contributed by atoms with E-state index in [0.29, 0.717) is 18.2 Å². The van der Waals surface area contributed by atoms with E-state index in [1.807, 2.05) is 11.0 Å². The van der Waals surface area contributed by atoms with Crippen LogP contribution in [0, 0.1) is 11.8 Å². The molecule has 1 saturated heterocycles. The Morgan fingerprint density at radius 1 is 1.15 bits per heavy atom. The topological polar surface area (TPSA) is 55.3 Å². The highest BCUT2D eigenvalue weighted by Crippen LogP contribution is 2.32. The van der Waals surface area contributed by atoms with Gasteiger partial charge in [-0.3, -0.25) is 4.79 Å². The molecule has 0 bridgehead atoms. The molecule has 5 heteroatoms. The van der Waals surface area contributed by atoms with Gasteiger partial charge in [0.1, 0.15) is 12.0 Å². The molecule has 1 saturated carbocycles. The van der Waals surface area contributed by atoms with Crippen LogP contribution in [-0.2, 0) is 11.2 Å². The minimum absolute atomic E-state index is 0.00824. The van der Waals surface area contributed by atoms with Crippen LogP contribution in [0.4, 0.5) is 0 Å². The number of piperidine rings is 1. The number of ether oxygens (including phenoxy) is 1. The molecule has 1 amide bonds. The fourth-order valence-electron chi connectivity index (χ4n) is 3.65. The van der Waals surface area contributed by atoms with Crippen molar-refractivity contribution >= 4 is 5.91 Å². The predicted molar refractivity (Wildman–Crippen MR) is 98.7 cm³/mol. The zero-order valence-corrected chi connectivity index (χ0v) is 15.0. The van der Waals surface area contributed by atoms with Crippen molar-refractivity contribution in [3.05, 3.63) is 60.2 Å². The number of carbonyl (C=O) groups is 1. The summed E-state index contributed by atoms with van der Waals surface area (Å²) in [5.74, 6) is 1.06. The van der Waals surface area contributed by atoms with Gasteiger partial charge in [0.25, 0.3) is 5.91 Å². The van der Waals surface area contributed by atoms with Crippen molar-refractivity contribution in [2.75, 3.05) is 19.7 Å². The van der Waals surface area contributed by atoms with E-state index >= 15 is 0 Å². The van der Waals surface area contributed by atoms with Crippen LogP contribution in [0.1, 0.15) is 35.3 Å². The molecule has 1 aliphatic carbocycles. The smallest absolute Gasteiger partial charge is 0.272 e. The zero-order valence-electron chi connectivity index (χ0n) is 15.0. The summed E-state index contributed by atoms with van der Waals surface area (Å²) >= 11 is 0. The lowest BCUT2D eigenvalue weighted by Gasteiger charge is -2.38. The Morgan fingerprint density at radius 3 is 2.73 bits per heavy atom. The van der Waals surface area contributed by atoms with Crippen molar-refractivity contribution in [3.63, 3.8) is 0 Å². The quantitative estimate of drug-likeness (QED) is 0.803. The number of rotatable bonds is 6. The first-order valence-electron chi connectivity index (χ1n) is 9.50. The zero-order chi connectivity index (χ0) is 17.8. The molecule has 2 aromatic rings. The molecule has 0 radical (unpaired) electrons. The van der Waals surface area contributed by atoms with E-state index in [-0.39, 0.29) is 12.0 Å². The normalized spacial score (nSPS) is 23.0. The van der Waals surface area contributed by atoms with E-state index in [2.05, 4.69) is 34.2 Å². The van der Waals surface area contributed by atoms with Crippen LogP contribution in [0.25, 0.3) is 0 Å². The number of hydrogen-bond acceptors (Lipinski definition) is 4. The standard InChI is InChI=1S/C21H25N3O2/c25-21(19-8-10-22-15-23-19)24-11-9-20(26-14-17-6-7-17)18(13-24)12-16-4-2-1-3-5-16/h1-5,8,10,15,17-18,20H,6-7,9,11-14H2/t18-,20-/m0/s1. The molecule has 4 rings (SSSR count). The lowest BCUT2D eigenvalue weighted by molar-refractivity contribution is -0.0327. The summed E-state index contributed by atoms with van der Waals surface area (Å²) in [6.07, 6.45) is 7.70. The molecule has 0 unspecified atom stereocenters. The molecule has 1 aromatic carbocycles. The van der Waals surface area contributed by atoms with Gasteiger partial charge in [0.15, 0.2) is 0 Å². The molecule has 136 valence electrons. The minimum atomic E-state index is -0.00824. The number of hydrogen-bond donors (Lipinski definition) is 0. The predicted octanol–water partition coefficient (Wildman–Crippen LogP) is 2.98. The number of likely N-dealkylation sites (tertiary alicyclic amines) is 1. The summed E-state index contributed by atoms with van der Waals surface area (Å²) < 4.78 is 6.26. The SMILES string of the molecule is O=C(c1ccncn1)N1CC[C@H](OCC2CC2)[C@@H](Cc2ccccc2)C1. The lowest BCUT2D eigenvalue weighted by atomic mass is 9.88. The second-order valence-electron chi connectivity index (χ2n) is 7.40. The Hall–Kier alpha value is -2.27. The van der Waals surface area contributed by atoms with Gasteiger partial charge in [-0.2, -0.15) is 0 Å². The van der Waals surface area contributed by atoms with Crippen LogP contribution < -0.4 is 0 Å². The van der Waals surface area contributed by atoms with Crippen molar-refractivity contribution in [3.8, 4) is 0 Å². The van der Waals surface area contributed by atoms with E-state index in [4.69, 9.17) is 4.74 Å². The monoisotopic (exact) mass is 351 g/mol. The number of carbonyl (C=O) groups excluding carboxylic acids is 1. The van der Waals surface area contributed by atoms with Gasteiger partial charge in [-0.25, -0.2) is 9.97 Å².